The van der Waals surface area contributed by atoms with E-state index in [2.05, 4.69) is 15.9 Å². The highest BCUT2D eigenvalue weighted by atomic mass is 79.9. The molecule has 1 atom stereocenters. The average Bonchev–Trinajstić information content (AvgIpc) is 2.73. The van der Waals surface area contributed by atoms with Crippen molar-refractivity contribution in [2.24, 2.45) is 0 Å². The molecule has 0 bridgehead atoms. The van der Waals surface area contributed by atoms with Crippen LogP contribution in [-0.2, 0) is 6.42 Å². The Balaban J connectivity index is 2.19. The molecule has 1 heterocycles. The van der Waals surface area contributed by atoms with Gasteiger partial charge in [0.15, 0.2) is 5.82 Å². The van der Waals surface area contributed by atoms with Crippen LogP contribution in [-0.4, -0.2) is 9.67 Å². The van der Waals surface area contributed by atoms with Crippen LogP contribution in [0.3, 0.4) is 0 Å². The van der Waals surface area contributed by atoms with Gasteiger partial charge >= 0.3 is 0 Å². The van der Waals surface area contributed by atoms with Crippen LogP contribution in [0.5, 0.6) is 0 Å². The zero-order valence-electron chi connectivity index (χ0n) is 10.0. The molecular formula is C14H12BrF2NO. The predicted molar refractivity (Wildman–Crippen MR) is 71.3 cm³/mol. The minimum absolute atomic E-state index is 0.289. The Morgan fingerprint density at radius 1 is 1.32 bits per heavy atom. The first-order valence-corrected chi connectivity index (χ1v) is 6.90. The highest BCUT2D eigenvalue weighted by Crippen LogP contribution is 2.34. The van der Waals surface area contributed by atoms with Crippen molar-refractivity contribution in [3.8, 4) is 5.69 Å². The number of aliphatic hydroxyl groups excluding tert-OH is 1. The van der Waals surface area contributed by atoms with Gasteiger partial charge < -0.3 is 9.67 Å². The molecule has 1 unspecified atom stereocenters. The summed E-state index contributed by atoms with van der Waals surface area (Å²) in [5.41, 5.74) is 2.02. The zero-order valence-corrected chi connectivity index (χ0v) is 11.6. The van der Waals surface area contributed by atoms with E-state index >= 15 is 0 Å². The van der Waals surface area contributed by atoms with Gasteiger partial charge in [0.2, 0.25) is 0 Å². The largest absolute Gasteiger partial charge is 0.388 e. The molecule has 0 spiro atoms. The maximum absolute atomic E-state index is 14.0. The van der Waals surface area contributed by atoms with Crippen molar-refractivity contribution in [2.45, 2.75) is 25.4 Å². The first kappa shape index (κ1) is 12.8. The summed E-state index contributed by atoms with van der Waals surface area (Å²) in [6.07, 6.45) is 3.60. The lowest BCUT2D eigenvalue weighted by atomic mass is 9.95. The fourth-order valence-electron chi connectivity index (χ4n) is 2.64. The smallest absolute Gasteiger partial charge is 0.151 e. The Kier molecular flexibility index (Phi) is 3.19. The first-order chi connectivity index (χ1) is 9.08. The van der Waals surface area contributed by atoms with E-state index in [1.54, 1.807) is 16.8 Å². The predicted octanol–water partition coefficient (Wildman–Crippen LogP) is 3.89. The highest BCUT2D eigenvalue weighted by Gasteiger charge is 2.23. The van der Waals surface area contributed by atoms with Gasteiger partial charge in [0.05, 0.1) is 11.8 Å². The lowest BCUT2D eigenvalue weighted by molar-refractivity contribution is 0.156. The third kappa shape index (κ3) is 2.11. The normalized spacial score (nSPS) is 18.4. The van der Waals surface area contributed by atoms with Crippen LogP contribution < -0.4 is 0 Å². The zero-order chi connectivity index (χ0) is 13.6. The van der Waals surface area contributed by atoms with Gasteiger partial charge in [-0.15, -0.1) is 0 Å². The van der Waals surface area contributed by atoms with E-state index in [0.29, 0.717) is 4.47 Å². The number of halogens is 3. The molecule has 0 saturated carbocycles. The number of nitrogens with zero attached hydrogens (tertiary/aromatic N) is 1. The van der Waals surface area contributed by atoms with Gasteiger partial charge in [-0.1, -0.05) is 0 Å². The van der Waals surface area contributed by atoms with Crippen LogP contribution in [0.15, 0.2) is 28.9 Å². The molecule has 1 aromatic heterocycles. The maximum Gasteiger partial charge on any atom is 0.151 e. The summed E-state index contributed by atoms with van der Waals surface area (Å²) < 4.78 is 29.2. The molecule has 5 heteroatoms. The Bertz CT molecular complexity index is 615. The van der Waals surface area contributed by atoms with Crippen LogP contribution in [0.4, 0.5) is 8.78 Å². The molecule has 1 aromatic carbocycles. The quantitative estimate of drug-likeness (QED) is 0.844. The molecule has 1 N–H and O–H groups in total. The van der Waals surface area contributed by atoms with Crippen molar-refractivity contribution in [1.82, 2.24) is 4.57 Å². The highest BCUT2D eigenvalue weighted by molar-refractivity contribution is 9.10. The van der Waals surface area contributed by atoms with E-state index in [9.17, 15) is 13.9 Å². The minimum Gasteiger partial charge on any atom is -0.388 e. The van der Waals surface area contributed by atoms with Crippen molar-refractivity contribution in [3.63, 3.8) is 0 Å². The summed E-state index contributed by atoms with van der Waals surface area (Å²) in [6, 6.07) is 3.91. The van der Waals surface area contributed by atoms with E-state index in [1.807, 2.05) is 0 Å². The monoisotopic (exact) mass is 327 g/mol. The second kappa shape index (κ2) is 4.72. The molecule has 0 aliphatic heterocycles. The van der Waals surface area contributed by atoms with Crippen LogP contribution >= 0.6 is 15.9 Å². The number of fused-ring (bicyclic) bond motifs is 1. The van der Waals surface area contributed by atoms with Crippen LogP contribution in [0, 0.1) is 11.6 Å². The Morgan fingerprint density at radius 2 is 2.11 bits per heavy atom. The summed E-state index contributed by atoms with van der Waals surface area (Å²) in [4.78, 5) is 0. The van der Waals surface area contributed by atoms with E-state index in [4.69, 9.17) is 0 Å². The van der Waals surface area contributed by atoms with Crippen molar-refractivity contribution in [1.29, 1.82) is 0 Å². The number of hydrogen-bond donors (Lipinski definition) is 1. The molecule has 0 radical (unpaired) electrons. The standard InChI is InChI=1S/C14H12BrF2NO/c15-10-6-8(16)7-11(17)14(10)18-5-4-9-12(18)2-1-3-13(9)19/h4-7,13,19H,1-3H2. The summed E-state index contributed by atoms with van der Waals surface area (Å²) in [6.45, 7) is 0. The van der Waals surface area contributed by atoms with Gasteiger partial charge in [0, 0.05) is 28.0 Å². The average molecular weight is 328 g/mol. The van der Waals surface area contributed by atoms with Gasteiger partial charge in [-0.3, -0.25) is 0 Å². The number of aliphatic hydroxyl groups is 1. The third-order valence-corrected chi connectivity index (χ3v) is 4.10. The second-order valence-electron chi connectivity index (χ2n) is 4.71. The molecule has 0 amide bonds. The van der Waals surface area contributed by atoms with Gasteiger partial charge in [-0.2, -0.15) is 0 Å². The van der Waals surface area contributed by atoms with Crippen LogP contribution in [0.2, 0.25) is 0 Å². The fourth-order valence-corrected chi connectivity index (χ4v) is 3.24. The number of aromatic nitrogens is 1. The van der Waals surface area contributed by atoms with E-state index in [1.165, 1.54) is 6.07 Å². The summed E-state index contributed by atoms with van der Waals surface area (Å²) >= 11 is 3.20. The maximum atomic E-state index is 14.0. The second-order valence-corrected chi connectivity index (χ2v) is 5.57. The van der Waals surface area contributed by atoms with Crippen molar-refractivity contribution >= 4 is 15.9 Å². The number of rotatable bonds is 1. The molecule has 2 aromatic rings. The van der Waals surface area contributed by atoms with E-state index in [-0.39, 0.29) is 5.69 Å². The minimum atomic E-state index is -0.620. The topological polar surface area (TPSA) is 25.2 Å². The summed E-state index contributed by atoms with van der Waals surface area (Å²) in [5, 5.41) is 9.93. The molecular weight excluding hydrogens is 316 g/mol. The molecule has 3 rings (SSSR count). The third-order valence-electron chi connectivity index (χ3n) is 3.50. The molecule has 0 fully saturated rings. The first-order valence-electron chi connectivity index (χ1n) is 6.11. The van der Waals surface area contributed by atoms with Gasteiger partial charge in [-0.25, -0.2) is 8.78 Å². The van der Waals surface area contributed by atoms with E-state index in [0.717, 1.165) is 36.6 Å². The van der Waals surface area contributed by atoms with Gasteiger partial charge in [0.1, 0.15) is 5.82 Å². The van der Waals surface area contributed by atoms with Crippen LogP contribution in [0.25, 0.3) is 5.69 Å². The molecule has 100 valence electrons. The molecule has 0 saturated heterocycles. The Hall–Kier alpha value is -1.20. The van der Waals surface area contributed by atoms with Gasteiger partial charge in [-0.05, 0) is 47.3 Å². The molecule has 1 aliphatic rings. The number of benzene rings is 1. The Labute approximate surface area is 117 Å². The summed E-state index contributed by atoms with van der Waals surface area (Å²) in [7, 11) is 0. The molecule has 1 aliphatic carbocycles. The lowest BCUT2D eigenvalue weighted by Gasteiger charge is -2.21. The van der Waals surface area contributed by atoms with E-state index < -0.39 is 17.7 Å². The number of hydrogen-bond acceptors (Lipinski definition) is 1. The van der Waals surface area contributed by atoms with Crippen molar-refractivity contribution in [2.75, 3.05) is 0 Å². The van der Waals surface area contributed by atoms with Crippen molar-refractivity contribution in [3.05, 3.63) is 51.8 Å². The van der Waals surface area contributed by atoms with Gasteiger partial charge in [0.25, 0.3) is 0 Å². The van der Waals surface area contributed by atoms with Crippen molar-refractivity contribution < 1.29 is 13.9 Å². The molecule has 2 nitrogen and oxygen atoms in total. The lowest BCUT2D eigenvalue weighted by Crippen LogP contribution is -2.12. The fraction of sp³-hybridized carbons (Fsp3) is 0.286. The summed E-state index contributed by atoms with van der Waals surface area (Å²) in [5.74, 6) is -1.24. The van der Waals surface area contributed by atoms with Crippen LogP contribution in [0.1, 0.15) is 30.2 Å². The Morgan fingerprint density at radius 3 is 2.84 bits per heavy atom. The molecule has 19 heavy (non-hydrogen) atoms. The SMILES string of the molecule is OC1CCCc2c1ccn2-c1c(F)cc(F)cc1Br.